The molecule has 0 aromatic heterocycles. The standard InChI is InChI=1S/2C3H8O.C3H7.O.Ti/c2*1-3(2)4;1-3-2;;/h2*3-4H,1-2H3;3H,1-2H3;;/q;;-1;;+1. The van der Waals surface area contributed by atoms with Gasteiger partial charge in [-0.3, -0.25) is 0 Å². The van der Waals surface area contributed by atoms with Gasteiger partial charge in [0.25, 0.3) is 0 Å². The molecular formula is C9H23O3Ti. The maximum absolute atomic E-state index is 8.25. The molecule has 0 saturated heterocycles. The third-order valence-corrected chi connectivity index (χ3v) is 0. The predicted octanol–water partition coefficient (Wildman–Crippen LogP) is 1.88. The predicted molar refractivity (Wildman–Crippen MR) is 51.0 cm³/mol. The summed E-state index contributed by atoms with van der Waals surface area (Å²) < 4.78 is 8.25. The van der Waals surface area contributed by atoms with E-state index in [9.17, 15) is 0 Å². The van der Waals surface area contributed by atoms with Crippen LogP contribution in [0, 0.1) is 6.42 Å². The molecule has 0 amide bonds. The van der Waals surface area contributed by atoms with E-state index in [-0.39, 0.29) is 12.2 Å². The zero-order valence-electron chi connectivity index (χ0n) is 9.53. The van der Waals surface area contributed by atoms with Crippen molar-refractivity contribution < 1.29 is 33.9 Å². The molecule has 0 fully saturated rings. The minimum absolute atomic E-state index is 0.167. The molecule has 0 aliphatic carbocycles. The van der Waals surface area contributed by atoms with Crippen molar-refractivity contribution in [1.29, 1.82) is 0 Å². The Morgan fingerprint density at radius 1 is 0.923 bits per heavy atom. The van der Waals surface area contributed by atoms with E-state index in [2.05, 4.69) is 0 Å². The van der Waals surface area contributed by atoms with E-state index in [4.69, 9.17) is 13.5 Å². The molecule has 0 spiro atoms. The van der Waals surface area contributed by atoms with E-state index in [1.165, 1.54) is 0 Å². The summed E-state index contributed by atoms with van der Waals surface area (Å²) in [5.41, 5.74) is 0. The molecule has 0 aromatic carbocycles. The Morgan fingerprint density at radius 2 is 0.923 bits per heavy atom. The van der Waals surface area contributed by atoms with Crippen molar-refractivity contribution in [1.82, 2.24) is 0 Å². The van der Waals surface area contributed by atoms with Crippen LogP contribution in [0.15, 0.2) is 0 Å². The number of hydrogen-bond acceptors (Lipinski definition) is 3. The van der Waals surface area contributed by atoms with Crippen molar-refractivity contribution in [3.63, 3.8) is 0 Å². The van der Waals surface area contributed by atoms with Crippen molar-refractivity contribution in [3.8, 4) is 0 Å². The first-order valence-electron chi connectivity index (χ1n) is 4.18. The fourth-order valence-electron chi connectivity index (χ4n) is 0. The molecule has 13 heavy (non-hydrogen) atoms. The molecule has 4 heteroatoms. The Hall–Kier alpha value is 0.434. The fraction of sp³-hybridized carbons (Fsp3) is 0.889. The summed E-state index contributed by atoms with van der Waals surface area (Å²) in [5, 5.41) is 16.1. The zero-order valence-corrected chi connectivity index (χ0v) is 11.1. The van der Waals surface area contributed by atoms with Crippen LogP contribution in [0.1, 0.15) is 41.5 Å². The van der Waals surface area contributed by atoms with Crippen molar-refractivity contribution in [3.05, 3.63) is 6.42 Å². The van der Waals surface area contributed by atoms with E-state index in [1.807, 2.05) is 20.3 Å². The molecule has 0 saturated carbocycles. The summed E-state index contributed by atoms with van der Waals surface area (Å²) >= 11 is 0.750. The third-order valence-electron chi connectivity index (χ3n) is 0. The summed E-state index contributed by atoms with van der Waals surface area (Å²) in [4.78, 5) is 0. The number of aliphatic hydroxyl groups excluding tert-OH is 2. The first kappa shape index (κ1) is 23.3. The molecule has 0 unspecified atom stereocenters. The molecular weight excluding hydrogens is 204 g/mol. The molecule has 0 aliphatic rings. The molecule has 0 aliphatic heterocycles. The van der Waals surface area contributed by atoms with Gasteiger partial charge in [0.1, 0.15) is 0 Å². The van der Waals surface area contributed by atoms with Crippen LogP contribution in [-0.4, -0.2) is 22.4 Å². The summed E-state index contributed by atoms with van der Waals surface area (Å²) in [5.74, 6) is 0. The van der Waals surface area contributed by atoms with Gasteiger partial charge in [0.15, 0.2) is 0 Å². The van der Waals surface area contributed by atoms with Gasteiger partial charge in [-0.25, -0.2) is 0 Å². The summed E-state index contributed by atoms with van der Waals surface area (Å²) in [6, 6.07) is 0. The van der Waals surface area contributed by atoms with Crippen LogP contribution in [-0.2, 0) is 23.7 Å². The molecule has 0 rings (SSSR count). The maximum atomic E-state index is 8.25. The van der Waals surface area contributed by atoms with Crippen LogP contribution in [0.2, 0.25) is 0 Å². The molecule has 0 bridgehead atoms. The van der Waals surface area contributed by atoms with E-state index in [0.717, 1.165) is 20.4 Å². The van der Waals surface area contributed by atoms with Gasteiger partial charge in [-0.1, -0.05) is 0 Å². The number of rotatable bonds is 0. The Labute approximate surface area is 94.3 Å². The minimum atomic E-state index is -0.167. The normalized spacial score (nSPS) is 7.38. The zero-order chi connectivity index (χ0) is 11.9. The van der Waals surface area contributed by atoms with Crippen LogP contribution in [0.25, 0.3) is 0 Å². The quantitative estimate of drug-likeness (QED) is 0.490. The van der Waals surface area contributed by atoms with Gasteiger partial charge in [-0.15, -0.1) is 0 Å². The van der Waals surface area contributed by atoms with Crippen LogP contribution in [0.5, 0.6) is 0 Å². The van der Waals surface area contributed by atoms with Gasteiger partial charge in [0, 0.05) is 12.2 Å². The topological polar surface area (TPSA) is 57.5 Å². The van der Waals surface area contributed by atoms with Gasteiger partial charge in [0.2, 0.25) is 0 Å². The van der Waals surface area contributed by atoms with Crippen LogP contribution in [0.3, 0.4) is 0 Å². The van der Waals surface area contributed by atoms with E-state index in [0.29, 0.717) is 0 Å². The molecule has 0 radical (unpaired) electrons. The first-order chi connectivity index (χ1) is 5.88. The van der Waals surface area contributed by atoms with Crippen LogP contribution >= 0.6 is 0 Å². The average Bonchev–Trinajstić information content (AvgIpc) is 1.89. The molecule has 0 aromatic rings. The Kier molecular flexibility index (Phi) is 52.8. The van der Waals surface area contributed by atoms with Crippen molar-refractivity contribution in [2.24, 2.45) is 0 Å². The summed E-state index contributed by atoms with van der Waals surface area (Å²) in [6.45, 7) is 10.9. The third kappa shape index (κ3) is 7180. The van der Waals surface area contributed by atoms with E-state index in [1.54, 1.807) is 27.7 Å². The van der Waals surface area contributed by atoms with Gasteiger partial charge < -0.3 is 16.6 Å². The second-order valence-electron chi connectivity index (χ2n) is 2.76. The Morgan fingerprint density at radius 3 is 0.923 bits per heavy atom. The monoisotopic (exact) mass is 227 g/mol. The van der Waals surface area contributed by atoms with Gasteiger partial charge in [0.05, 0.1) is 0 Å². The van der Waals surface area contributed by atoms with Gasteiger partial charge in [-0.2, -0.15) is 13.8 Å². The molecule has 3 nitrogen and oxygen atoms in total. The van der Waals surface area contributed by atoms with E-state index >= 15 is 0 Å². The molecule has 81 valence electrons. The molecule has 0 atom stereocenters. The molecule has 2 N–H and O–H groups in total. The number of hydrogen-bond donors (Lipinski definition) is 2. The molecule has 0 heterocycles. The second kappa shape index (κ2) is 29.4. The van der Waals surface area contributed by atoms with Crippen molar-refractivity contribution >= 4 is 0 Å². The summed E-state index contributed by atoms with van der Waals surface area (Å²) in [6.07, 6.45) is 1.67. The van der Waals surface area contributed by atoms with Crippen molar-refractivity contribution in [2.45, 2.75) is 53.8 Å². The van der Waals surface area contributed by atoms with E-state index < -0.39 is 0 Å². The average molecular weight is 227 g/mol. The van der Waals surface area contributed by atoms with Gasteiger partial charge >= 0.3 is 23.7 Å². The van der Waals surface area contributed by atoms with Crippen molar-refractivity contribution in [2.75, 3.05) is 0 Å². The van der Waals surface area contributed by atoms with Gasteiger partial charge in [-0.05, 0) is 27.7 Å². The second-order valence-corrected chi connectivity index (χ2v) is 2.76. The Balaban J connectivity index is -0.0000000431. The summed E-state index contributed by atoms with van der Waals surface area (Å²) in [7, 11) is 0. The van der Waals surface area contributed by atoms with Crippen LogP contribution < -0.4 is 0 Å². The fourth-order valence-corrected chi connectivity index (χ4v) is 0. The number of aliphatic hydroxyl groups is 2. The Bertz CT molecular complexity index is 47.3. The SMILES string of the molecule is CC(C)O.CC(C)O.C[CH-]C.[O]=[Ti+]. The van der Waals surface area contributed by atoms with Crippen LogP contribution in [0.4, 0.5) is 0 Å². The first-order valence-corrected chi connectivity index (χ1v) is 4.82.